The van der Waals surface area contributed by atoms with E-state index in [2.05, 4.69) is 5.32 Å². The van der Waals surface area contributed by atoms with E-state index in [-0.39, 0.29) is 25.0 Å². The average molecular weight is 255 g/mol. The number of methoxy groups -OCH3 is 1. The third-order valence-electron chi connectivity index (χ3n) is 2.71. The van der Waals surface area contributed by atoms with Gasteiger partial charge in [-0.2, -0.15) is 5.26 Å². The van der Waals surface area contributed by atoms with Gasteiger partial charge >= 0.3 is 12.0 Å². The number of carbonyl (C=O) groups is 2. The summed E-state index contributed by atoms with van der Waals surface area (Å²) in [6.45, 7) is 0.290. The summed E-state index contributed by atoms with van der Waals surface area (Å²) in [5.41, 5.74) is 0. The lowest BCUT2D eigenvalue weighted by Gasteiger charge is -2.22. The van der Waals surface area contributed by atoms with Crippen molar-refractivity contribution in [3.63, 3.8) is 0 Å². The number of carboxylic acid groups (broad SMARTS) is 1. The Balaban J connectivity index is 2.41. The van der Waals surface area contributed by atoms with Gasteiger partial charge in [0, 0.05) is 19.7 Å². The molecular formula is C11H17N3O4. The van der Waals surface area contributed by atoms with Gasteiger partial charge in [-0.25, -0.2) is 9.59 Å². The Kier molecular flexibility index (Phi) is 5.39. The van der Waals surface area contributed by atoms with Crippen molar-refractivity contribution < 1.29 is 19.4 Å². The molecule has 0 heterocycles. The molecule has 0 spiro atoms. The molecule has 0 saturated heterocycles. The van der Waals surface area contributed by atoms with Gasteiger partial charge < -0.3 is 20.1 Å². The maximum atomic E-state index is 11.8. The predicted molar refractivity (Wildman–Crippen MR) is 61.8 cm³/mol. The van der Waals surface area contributed by atoms with Crippen LogP contribution in [0.2, 0.25) is 0 Å². The maximum Gasteiger partial charge on any atom is 0.334 e. The summed E-state index contributed by atoms with van der Waals surface area (Å²) >= 11 is 0. The molecule has 0 radical (unpaired) electrons. The van der Waals surface area contributed by atoms with Crippen LogP contribution in [0.5, 0.6) is 0 Å². The number of hydrogen-bond acceptors (Lipinski definition) is 4. The fourth-order valence-corrected chi connectivity index (χ4v) is 1.56. The lowest BCUT2D eigenvalue weighted by atomic mass is 10.3. The number of carboxylic acids is 1. The fraction of sp³-hybridized carbons (Fsp3) is 0.727. The second-order valence-electron chi connectivity index (χ2n) is 4.08. The molecule has 1 atom stereocenters. The van der Waals surface area contributed by atoms with Crippen molar-refractivity contribution in [1.29, 1.82) is 5.26 Å². The molecule has 2 amide bonds. The summed E-state index contributed by atoms with van der Waals surface area (Å²) < 4.78 is 4.71. The van der Waals surface area contributed by atoms with Gasteiger partial charge in [-0.05, 0) is 12.8 Å². The number of nitriles is 1. The molecule has 1 fully saturated rings. The molecule has 7 heteroatoms. The van der Waals surface area contributed by atoms with Crippen LogP contribution in [0, 0.1) is 11.3 Å². The number of aliphatic carboxylic acids is 1. The van der Waals surface area contributed by atoms with E-state index < -0.39 is 12.1 Å². The first-order chi connectivity index (χ1) is 8.60. The van der Waals surface area contributed by atoms with Gasteiger partial charge in [0.2, 0.25) is 0 Å². The van der Waals surface area contributed by atoms with Crippen molar-refractivity contribution in [3.8, 4) is 6.07 Å². The lowest BCUT2D eigenvalue weighted by molar-refractivity contribution is -0.148. The van der Waals surface area contributed by atoms with Crippen LogP contribution in [0.4, 0.5) is 4.79 Å². The minimum absolute atomic E-state index is 0.0829. The maximum absolute atomic E-state index is 11.8. The summed E-state index contributed by atoms with van der Waals surface area (Å²) in [7, 11) is 1.28. The van der Waals surface area contributed by atoms with Gasteiger partial charge in [0.1, 0.15) is 0 Å². The van der Waals surface area contributed by atoms with E-state index in [1.807, 2.05) is 6.07 Å². The standard InChI is InChI=1S/C11H17N3O4/c1-18-9(10(15)16)7-13-11(17)14(6-2-5-12)8-3-4-8/h8-9H,2-4,6-7H2,1H3,(H,13,17)(H,15,16). The number of rotatable bonds is 7. The molecule has 1 aliphatic rings. The molecule has 2 N–H and O–H groups in total. The summed E-state index contributed by atoms with van der Waals surface area (Å²) in [4.78, 5) is 24.1. The number of carbonyl (C=O) groups excluding carboxylic acids is 1. The Hall–Kier alpha value is -1.81. The monoisotopic (exact) mass is 255 g/mol. The van der Waals surface area contributed by atoms with Crippen LogP contribution >= 0.6 is 0 Å². The highest BCUT2D eigenvalue weighted by molar-refractivity contribution is 5.77. The summed E-state index contributed by atoms with van der Waals surface area (Å²) in [6, 6.07) is 1.84. The van der Waals surface area contributed by atoms with Gasteiger partial charge in [0.05, 0.1) is 19.0 Å². The zero-order chi connectivity index (χ0) is 13.5. The van der Waals surface area contributed by atoms with Gasteiger partial charge in [-0.3, -0.25) is 0 Å². The zero-order valence-electron chi connectivity index (χ0n) is 10.3. The molecule has 1 saturated carbocycles. The van der Waals surface area contributed by atoms with Crippen LogP contribution in [-0.2, 0) is 9.53 Å². The average Bonchev–Trinajstić information content (AvgIpc) is 3.14. The van der Waals surface area contributed by atoms with E-state index in [1.54, 1.807) is 4.90 Å². The number of ether oxygens (including phenoxy) is 1. The first-order valence-corrected chi connectivity index (χ1v) is 5.77. The third-order valence-corrected chi connectivity index (χ3v) is 2.71. The number of nitrogens with zero attached hydrogens (tertiary/aromatic N) is 2. The molecule has 0 bridgehead atoms. The largest absolute Gasteiger partial charge is 0.479 e. The molecule has 0 aliphatic heterocycles. The smallest absolute Gasteiger partial charge is 0.334 e. The second-order valence-corrected chi connectivity index (χ2v) is 4.08. The molecule has 0 aromatic carbocycles. The Morgan fingerprint density at radius 2 is 2.28 bits per heavy atom. The quantitative estimate of drug-likeness (QED) is 0.675. The first-order valence-electron chi connectivity index (χ1n) is 5.77. The van der Waals surface area contributed by atoms with Crippen LogP contribution in [0.15, 0.2) is 0 Å². The second kappa shape index (κ2) is 6.81. The Bertz CT molecular complexity index is 349. The van der Waals surface area contributed by atoms with Crippen molar-refractivity contribution in [2.24, 2.45) is 0 Å². The molecule has 100 valence electrons. The Morgan fingerprint density at radius 3 is 2.72 bits per heavy atom. The summed E-state index contributed by atoms with van der Waals surface area (Å²) in [5, 5.41) is 19.8. The third kappa shape index (κ3) is 4.22. The first kappa shape index (κ1) is 14.3. The summed E-state index contributed by atoms with van der Waals surface area (Å²) in [5.74, 6) is -1.12. The van der Waals surface area contributed by atoms with Crippen molar-refractivity contribution in [1.82, 2.24) is 10.2 Å². The molecule has 0 aromatic rings. The zero-order valence-corrected chi connectivity index (χ0v) is 10.3. The van der Waals surface area contributed by atoms with Crippen LogP contribution < -0.4 is 5.32 Å². The van der Waals surface area contributed by atoms with E-state index in [1.165, 1.54) is 7.11 Å². The van der Waals surface area contributed by atoms with Gasteiger partial charge in [-0.1, -0.05) is 0 Å². The number of amides is 2. The summed E-state index contributed by atoms with van der Waals surface area (Å²) in [6.07, 6.45) is 1.10. The molecule has 18 heavy (non-hydrogen) atoms. The van der Waals surface area contributed by atoms with E-state index in [0.717, 1.165) is 12.8 Å². The Labute approximate surface area is 105 Å². The lowest BCUT2D eigenvalue weighted by Crippen LogP contribution is -2.46. The molecule has 1 aliphatic carbocycles. The van der Waals surface area contributed by atoms with Crippen LogP contribution in [0.1, 0.15) is 19.3 Å². The van der Waals surface area contributed by atoms with Crippen LogP contribution in [0.25, 0.3) is 0 Å². The fourth-order valence-electron chi connectivity index (χ4n) is 1.56. The number of nitrogens with one attached hydrogen (secondary N) is 1. The predicted octanol–water partition coefficient (Wildman–Crippen LogP) is 0.174. The highest BCUT2D eigenvalue weighted by atomic mass is 16.5. The minimum Gasteiger partial charge on any atom is -0.479 e. The molecule has 0 aromatic heterocycles. The topological polar surface area (TPSA) is 103 Å². The molecule has 1 rings (SSSR count). The van der Waals surface area contributed by atoms with Crippen molar-refractivity contribution in [3.05, 3.63) is 0 Å². The van der Waals surface area contributed by atoms with Gasteiger partial charge in [0.25, 0.3) is 0 Å². The van der Waals surface area contributed by atoms with Crippen LogP contribution in [-0.4, -0.2) is 54.4 Å². The normalized spacial score (nSPS) is 15.6. The van der Waals surface area contributed by atoms with Gasteiger partial charge in [0.15, 0.2) is 6.10 Å². The van der Waals surface area contributed by atoms with E-state index in [0.29, 0.717) is 6.54 Å². The van der Waals surface area contributed by atoms with Crippen molar-refractivity contribution in [2.45, 2.75) is 31.4 Å². The van der Waals surface area contributed by atoms with E-state index in [9.17, 15) is 9.59 Å². The molecular weight excluding hydrogens is 238 g/mol. The SMILES string of the molecule is COC(CNC(=O)N(CCC#N)C1CC1)C(=O)O. The highest BCUT2D eigenvalue weighted by Gasteiger charge is 2.32. The Morgan fingerprint density at radius 1 is 1.61 bits per heavy atom. The number of hydrogen-bond donors (Lipinski definition) is 2. The van der Waals surface area contributed by atoms with Crippen LogP contribution in [0.3, 0.4) is 0 Å². The minimum atomic E-state index is -1.12. The van der Waals surface area contributed by atoms with Crippen molar-refractivity contribution >= 4 is 12.0 Å². The molecule has 7 nitrogen and oxygen atoms in total. The molecule has 1 unspecified atom stereocenters. The van der Waals surface area contributed by atoms with Crippen molar-refractivity contribution in [2.75, 3.05) is 20.2 Å². The number of urea groups is 1. The van der Waals surface area contributed by atoms with E-state index in [4.69, 9.17) is 15.1 Å². The highest BCUT2D eigenvalue weighted by Crippen LogP contribution is 2.26. The van der Waals surface area contributed by atoms with Gasteiger partial charge in [-0.15, -0.1) is 0 Å². The van der Waals surface area contributed by atoms with E-state index >= 15 is 0 Å².